The number of methoxy groups -OCH3 is 3. The number of hydrogen-bond donors (Lipinski definition) is 2. The zero-order chi connectivity index (χ0) is 42.4. The number of nitrogens with zero attached hydrogens (tertiary/aromatic N) is 5. The maximum atomic E-state index is 15.8. The van der Waals surface area contributed by atoms with Gasteiger partial charge in [-0.1, -0.05) is 56.3 Å². The molecule has 0 saturated carbocycles. The zero-order valence-corrected chi connectivity index (χ0v) is 34.8. The van der Waals surface area contributed by atoms with Crippen molar-refractivity contribution in [3.63, 3.8) is 0 Å². The summed E-state index contributed by atoms with van der Waals surface area (Å²) in [4.78, 5) is 10.2. The van der Waals surface area contributed by atoms with Gasteiger partial charge >= 0.3 is 13.2 Å². The van der Waals surface area contributed by atoms with Crippen molar-refractivity contribution in [3.05, 3.63) is 102 Å². The van der Waals surface area contributed by atoms with Crippen LogP contribution < -0.4 is 25.0 Å². The zero-order valence-electron chi connectivity index (χ0n) is 33.2. The largest absolute Gasteiger partial charge is 0.497 e. The highest BCUT2D eigenvalue weighted by Gasteiger charge is 2.42. The number of tetrazole rings is 1. The second kappa shape index (κ2) is 18.2. The van der Waals surface area contributed by atoms with Gasteiger partial charge in [0.15, 0.2) is 15.7 Å². The second-order valence-electron chi connectivity index (χ2n) is 14.5. The number of ether oxygens (including phenoxy) is 3. The molecule has 312 valence electrons. The molecule has 0 spiro atoms. The lowest BCUT2D eigenvalue weighted by atomic mass is 9.73. The first kappa shape index (κ1) is 43.1. The predicted octanol–water partition coefficient (Wildman–Crippen LogP) is 3.61. The highest BCUT2D eigenvalue weighted by Crippen LogP contribution is 2.36. The number of aromatic nitrogens is 4. The minimum Gasteiger partial charge on any atom is -0.497 e. The third-order valence-electron chi connectivity index (χ3n) is 9.52. The summed E-state index contributed by atoms with van der Waals surface area (Å²) in [5, 5.41) is 23.8. The van der Waals surface area contributed by atoms with E-state index in [2.05, 4.69) is 20.8 Å². The van der Waals surface area contributed by atoms with Crippen LogP contribution in [0.1, 0.15) is 30.5 Å². The maximum absolute atomic E-state index is 15.8. The number of carboxylic acid groups (broad SMARTS) is 1. The van der Waals surface area contributed by atoms with Gasteiger partial charge in [0, 0.05) is 43.8 Å². The molecular weight excluding hydrogens is 803 g/mol. The van der Waals surface area contributed by atoms with Gasteiger partial charge in [-0.15, -0.1) is 5.10 Å². The molecule has 2 N–H and O–H groups in total. The number of rotatable bonds is 17. The van der Waals surface area contributed by atoms with Gasteiger partial charge in [0.2, 0.25) is 10.0 Å². The standard InChI is InChI=1S/C39H45BN6O11S2/c1-39(2)25-56-40(57-26-39)33-18-19-34(58(49,50)21-20-41-38(47)48)36(35(33)37-42-43-44-46(37)24-29-10-16-32(55-5)17-11-29)59(51,52)45(22-27-6-12-30(53-3)13-7-27)23-28-8-14-31(54-4)15-9-28/h6-19,41H,20-26H2,1-5H3,(H,47,48). The third kappa shape index (κ3) is 10.2. The minimum absolute atomic E-state index is 0.0472. The molecule has 4 aromatic carbocycles. The van der Waals surface area contributed by atoms with Crippen LogP contribution in [0.2, 0.25) is 0 Å². The van der Waals surface area contributed by atoms with Crippen molar-refractivity contribution in [1.82, 2.24) is 29.8 Å². The molecule has 1 aliphatic rings. The number of sulfonamides is 1. The van der Waals surface area contributed by atoms with E-state index in [1.54, 1.807) is 79.9 Å². The van der Waals surface area contributed by atoms with Gasteiger partial charge in [-0.3, -0.25) is 0 Å². The molecular formula is C39H45BN6O11S2. The number of sulfone groups is 1. The summed E-state index contributed by atoms with van der Waals surface area (Å²) < 4.78 is 91.3. The van der Waals surface area contributed by atoms with Gasteiger partial charge in [-0.2, -0.15) is 4.31 Å². The molecule has 17 nitrogen and oxygen atoms in total. The molecule has 1 saturated heterocycles. The number of hydrogen-bond acceptors (Lipinski definition) is 13. The smallest absolute Gasteiger partial charge is 0.494 e. The highest BCUT2D eigenvalue weighted by molar-refractivity contribution is 7.93. The third-order valence-corrected chi connectivity index (χ3v) is 13.3. The molecule has 0 aliphatic carbocycles. The highest BCUT2D eigenvalue weighted by atomic mass is 32.2. The van der Waals surface area contributed by atoms with Crippen molar-refractivity contribution in [3.8, 4) is 28.6 Å². The summed E-state index contributed by atoms with van der Waals surface area (Å²) in [6, 6.07) is 23.3. The first-order valence-corrected chi connectivity index (χ1v) is 21.5. The molecule has 5 aromatic rings. The Balaban J connectivity index is 1.62. The van der Waals surface area contributed by atoms with Gasteiger partial charge in [0.05, 0.1) is 38.5 Å². The number of benzene rings is 4. The summed E-state index contributed by atoms with van der Waals surface area (Å²) in [6.07, 6.45) is -1.44. The van der Waals surface area contributed by atoms with Crippen LogP contribution in [0.3, 0.4) is 0 Å². The van der Waals surface area contributed by atoms with Gasteiger partial charge in [0.25, 0.3) is 0 Å². The monoisotopic (exact) mass is 848 g/mol. The molecule has 1 aromatic heterocycles. The molecule has 0 unspecified atom stereocenters. The average Bonchev–Trinajstić information content (AvgIpc) is 3.68. The first-order chi connectivity index (χ1) is 28.1. The summed E-state index contributed by atoms with van der Waals surface area (Å²) in [5.41, 5.74) is 1.50. The summed E-state index contributed by atoms with van der Waals surface area (Å²) in [6.45, 7) is 3.49. The lowest BCUT2D eigenvalue weighted by Gasteiger charge is -2.34. The molecule has 1 aliphatic heterocycles. The van der Waals surface area contributed by atoms with E-state index in [0.29, 0.717) is 28.4 Å². The van der Waals surface area contributed by atoms with Crippen LogP contribution in [0.5, 0.6) is 17.2 Å². The predicted molar refractivity (Wildman–Crippen MR) is 217 cm³/mol. The van der Waals surface area contributed by atoms with Gasteiger partial charge in [0.1, 0.15) is 22.1 Å². The lowest BCUT2D eigenvalue weighted by molar-refractivity contribution is 0.0343. The second-order valence-corrected chi connectivity index (χ2v) is 18.5. The molecule has 0 radical (unpaired) electrons. The average molecular weight is 849 g/mol. The Bertz CT molecular complexity index is 2410. The summed E-state index contributed by atoms with van der Waals surface area (Å²) in [5.74, 6) is 0.867. The van der Waals surface area contributed by atoms with Crippen molar-refractivity contribution in [2.24, 2.45) is 5.41 Å². The normalized spacial score (nSPS) is 14.2. The summed E-state index contributed by atoms with van der Waals surface area (Å²) >= 11 is 0. The van der Waals surface area contributed by atoms with Gasteiger partial charge in [-0.25, -0.2) is 26.3 Å². The number of carbonyl (C=O) groups is 1. The number of nitrogens with one attached hydrogen (secondary N) is 1. The van der Waals surface area contributed by atoms with Crippen LogP contribution in [-0.2, 0) is 48.8 Å². The fourth-order valence-corrected chi connectivity index (χ4v) is 10.0. The minimum atomic E-state index is -4.90. The van der Waals surface area contributed by atoms with E-state index in [1.807, 2.05) is 13.8 Å². The van der Waals surface area contributed by atoms with Crippen LogP contribution >= 0.6 is 0 Å². The Morgan fingerprint density at radius 2 is 1.32 bits per heavy atom. The van der Waals surface area contributed by atoms with E-state index < -0.39 is 55.2 Å². The SMILES string of the molecule is COc1ccc(CN(Cc2ccc(OC)cc2)S(=O)(=O)c2c(S(=O)(=O)CCNC(=O)O)ccc(B3OCC(C)(C)CO3)c2-c2nnnn2Cc2ccc(OC)cc2)cc1. The van der Waals surface area contributed by atoms with Crippen molar-refractivity contribution < 1.29 is 50.3 Å². The first-order valence-electron chi connectivity index (χ1n) is 18.4. The fraction of sp³-hybridized carbons (Fsp3) is 0.333. The Labute approximate surface area is 343 Å². The van der Waals surface area contributed by atoms with Gasteiger partial charge in [-0.05, 0) is 75.0 Å². The maximum Gasteiger partial charge on any atom is 0.494 e. The van der Waals surface area contributed by atoms with Crippen LogP contribution in [-0.4, -0.2) is 107 Å². The lowest BCUT2D eigenvalue weighted by Crippen LogP contribution is -2.48. The Morgan fingerprint density at radius 3 is 1.81 bits per heavy atom. The van der Waals surface area contributed by atoms with Crippen LogP contribution in [0, 0.1) is 5.41 Å². The molecule has 6 rings (SSSR count). The van der Waals surface area contributed by atoms with E-state index in [9.17, 15) is 18.3 Å². The van der Waals surface area contributed by atoms with Crippen LogP contribution in [0.4, 0.5) is 4.79 Å². The molecule has 20 heteroatoms. The van der Waals surface area contributed by atoms with Crippen molar-refractivity contribution in [2.75, 3.05) is 46.8 Å². The van der Waals surface area contributed by atoms with E-state index >= 15 is 8.42 Å². The van der Waals surface area contributed by atoms with Crippen molar-refractivity contribution in [2.45, 2.75) is 43.3 Å². The quantitative estimate of drug-likeness (QED) is 0.128. The number of amides is 1. The van der Waals surface area contributed by atoms with Crippen molar-refractivity contribution in [1.29, 1.82) is 0 Å². The molecule has 0 bridgehead atoms. The van der Waals surface area contributed by atoms with Crippen molar-refractivity contribution >= 4 is 38.5 Å². The van der Waals surface area contributed by atoms with E-state index in [0.717, 1.165) is 9.87 Å². The molecule has 0 atom stereocenters. The fourth-order valence-electron chi connectivity index (χ4n) is 6.40. The molecule has 59 heavy (non-hydrogen) atoms. The molecule has 2 heterocycles. The summed E-state index contributed by atoms with van der Waals surface area (Å²) in [7, 11) is -6.05. The topological polar surface area (TPSA) is 211 Å². The van der Waals surface area contributed by atoms with E-state index in [-0.39, 0.29) is 55.1 Å². The van der Waals surface area contributed by atoms with Crippen LogP contribution in [0.15, 0.2) is 94.7 Å². The van der Waals surface area contributed by atoms with E-state index in [4.69, 9.17) is 23.5 Å². The Kier molecular flexibility index (Phi) is 13.3. The van der Waals surface area contributed by atoms with E-state index in [1.165, 1.54) is 31.0 Å². The van der Waals surface area contributed by atoms with Crippen LogP contribution in [0.25, 0.3) is 11.4 Å². The Morgan fingerprint density at radius 1 is 0.814 bits per heavy atom. The molecule has 1 amide bonds. The molecule has 1 fully saturated rings. The van der Waals surface area contributed by atoms with Gasteiger partial charge < -0.3 is 33.9 Å². The Hall–Kier alpha value is -5.54.